The van der Waals surface area contributed by atoms with Crippen molar-refractivity contribution in [2.75, 3.05) is 0 Å². The lowest BCUT2D eigenvalue weighted by Crippen LogP contribution is -2.20. The van der Waals surface area contributed by atoms with Gasteiger partial charge in [-0.25, -0.2) is 9.48 Å². The quantitative estimate of drug-likeness (QED) is 0.905. The number of amides is 1. The summed E-state index contributed by atoms with van der Waals surface area (Å²) in [6.45, 7) is 0. The fraction of sp³-hybridized carbons (Fsp3) is 0. The second-order valence-corrected chi connectivity index (χ2v) is 4.35. The lowest BCUT2D eigenvalue weighted by atomic mass is 10.2. The fourth-order valence-corrected chi connectivity index (χ4v) is 1.96. The van der Waals surface area contributed by atoms with E-state index in [2.05, 4.69) is 5.10 Å². The number of carbonyl (C=O) groups is 2. The Kier molecular flexibility index (Phi) is 3.46. The maximum Gasteiger partial charge on any atom is 0.339 e. The van der Waals surface area contributed by atoms with Crippen molar-refractivity contribution in [1.82, 2.24) is 9.78 Å². The van der Waals surface area contributed by atoms with E-state index in [1.54, 1.807) is 18.2 Å². The number of halogens is 2. The second kappa shape index (κ2) is 4.91. The van der Waals surface area contributed by atoms with Gasteiger partial charge < -0.3 is 10.8 Å². The summed E-state index contributed by atoms with van der Waals surface area (Å²) in [6, 6.07) is 4.69. The first-order valence-electron chi connectivity index (χ1n) is 4.99. The zero-order valence-electron chi connectivity index (χ0n) is 9.30. The van der Waals surface area contributed by atoms with E-state index in [9.17, 15) is 9.59 Å². The summed E-state index contributed by atoms with van der Waals surface area (Å²) < 4.78 is 1.06. The Balaban J connectivity index is 2.73. The van der Waals surface area contributed by atoms with Gasteiger partial charge in [0, 0.05) is 0 Å². The molecule has 0 unspecified atom stereocenters. The van der Waals surface area contributed by atoms with E-state index in [0.717, 1.165) is 10.9 Å². The van der Waals surface area contributed by atoms with Crippen LogP contribution in [0.4, 0.5) is 0 Å². The maximum absolute atomic E-state index is 11.4. The van der Waals surface area contributed by atoms with E-state index in [1.165, 1.54) is 0 Å². The number of nitrogens with zero attached hydrogens (tertiary/aromatic N) is 2. The number of hydrogen-bond acceptors (Lipinski definition) is 3. The van der Waals surface area contributed by atoms with Crippen LogP contribution in [0.1, 0.15) is 20.8 Å². The van der Waals surface area contributed by atoms with Crippen molar-refractivity contribution < 1.29 is 14.7 Å². The van der Waals surface area contributed by atoms with Crippen LogP contribution in [0, 0.1) is 0 Å². The van der Waals surface area contributed by atoms with Gasteiger partial charge in [-0.15, -0.1) is 0 Å². The van der Waals surface area contributed by atoms with Crippen LogP contribution < -0.4 is 5.73 Å². The molecule has 2 aromatic rings. The highest BCUT2D eigenvalue weighted by Gasteiger charge is 2.23. The zero-order valence-corrected chi connectivity index (χ0v) is 10.8. The standard InChI is InChI=1S/C11H7Cl2N3O3/c12-6-2-1-3-7(8(6)13)16-9(10(14)17)5(4-15-16)11(18)19/h1-4H,(H2,14,17)(H,18,19). The third kappa shape index (κ3) is 2.27. The van der Waals surface area contributed by atoms with Crippen LogP contribution in [0.2, 0.25) is 10.0 Å². The number of aromatic carboxylic acids is 1. The summed E-state index contributed by atoms with van der Waals surface area (Å²) in [5, 5.41) is 13.2. The number of primary amides is 1. The molecule has 0 atom stereocenters. The number of aromatic nitrogens is 2. The SMILES string of the molecule is NC(=O)c1c(C(=O)O)cnn1-c1cccc(Cl)c1Cl. The van der Waals surface area contributed by atoms with Crippen molar-refractivity contribution in [2.45, 2.75) is 0 Å². The summed E-state index contributed by atoms with van der Waals surface area (Å²) in [4.78, 5) is 22.4. The molecule has 0 radical (unpaired) electrons. The van der Waals surface area contributed by atoms with Gasteiger partial charge in [0.2, 0.25) is 0 Å². The summed E-state index contributed by atoms with van der Waals surface area (Å²) in [5.74, 6) is -2.23. The Morgan fingerprint density at radius 1 is 1.32 bits per heavy atom. The summed E-state index contributed by atoms with van der Waals surface area (Å²) in [6.07, 6.45) is 1.03. The van der Waals surface area contributed by atoms with Gasteiger partial charge in [0.05, 0.1) is 21.9 Å². The van der Waals surface area contributed by atoms with E-state index < -0.39 is 11.9 Å². The number of hydrogen-bond donors (Lipinski definition) is 2. The van der Waals surface area contributed by atoms with Crippen LogP contribution in [0.3, 0.4) is 0 Å². The summed E-state index contributed by atoms with van der Waals surface area (Å²) in [7, 11) is 0. The van der Waals surface area contributed by atoms with Gasteiger partial charge in [0.25, 0.3) is 5.91 Å². The van der Waals surface area contributed by atoms with Gasteiger partial charge >= 0.3 is 5.97 Å². The molecular weight excluding hydrogens is 293 g/mol. The van der Waals surface area contributed by atoms with Crippen molar-refractivity contribution in [3.05, 3.63) is 45.7 Å². The van der Waals surface area contributed by atoms with Crippen molar-refractivity contribution in [1.29, 1.82) is 0 Å². The predicted octanol–water partition coefficient (Wildman–Crippen LogP) is 1.98. The Morgan fingerprint density at radius 3 is 2.58 bits per heavy atom. The molecule has 1 aromatic carbocycles. The molecule has 3 N–H and O–H groups in total. The van der Waals surface area contributed by atoms with Crippen molar-refractivity contribution in [3.63, 3.8) is 0 Å². The van der Waals surface area contributed by atoms with Gasteiger partial charge in [0.15, 0.2) is 0 Å². The van der Waals surface area contributed by atoms with Crippen LogP contribution >= 0.6 is 23.2 Å². The van der Waals surface area contributed by atoms with Gasteiger partial charge in [-0.3, -0.25) is 4.79 Å². The molecule has 0 saturated carbocycles. The minimum absolute atomic E-state index is 0.145. The molecule has 19 heavy (non-hydrogen) atoms. The normalized spacial score (nSPS) is 10.4. The fourth-order valence-electron chi connectivity index (χ4n) is 1.58. The first-order valence-corrected chi connectivity index (χ1v) is 5.74. The first kappa shape index (κ1) is 13.4. The van der Waals surface area contributed by atoms with Gasteiger partial charge in [-0.1, -0.05) is 29.3 Å². The number of nitrogens with two attached hydrogens (primary N) is 1. The molecule has 6 nitrogen and oxygen atoms in total. The molecule has 1 amide bonds. The number of carboxylic acid groups (broad SMARTS) is 1. The van der Waals surface area contributed by atoms with E-state index in [0.29, 0.717) is 0 Å². The minimum atomic E-state index is -1.31. The molecule has 0 fully saturated rings. The third-order valence-corrected chi connectivity index (χ3v) is 3.20. The average Bonchev–Trinajstić information content (AvgIpc) is 2.77. The molecule has 0 spiro atoms. The molecule has 0 bridgehead atoms. The van der Waals surface area contributed by atoms with Gasteiger partial charge in [-0.2, -0.15) is 5.10 Å². The van der Waals surface area contributed by atoms with Gasteiger partial charge in [0.1, 0.15) is 11.3 Å². The largest absolute Gasteiger partial charge is 0.478 e. The first-order chi connectivity index (χ1) is 8.93. The molecule has 0 aliphatic rings. The Hall–Kier alpha value is -2.05. The van der Waals surface area contributed by atoms with Gasteiger partial charge in [-0.05, 0) is 12.1 Å². The van der Waals surface area contributed by atoms with Crippen LogP contribution in [-0.2, 0) is 0 Å². The lowest BCUT2D eigenvalue weighted by Gasteiger charge is -2.08. The lowest BCUT2D eigenvalue weighted by molar-refractivity contribution is 0.0692. The molecule has 0 saturated heterocycles. The van der Waals surface area contributed by atoms with Crippen LogP contribution in [0.25, 0.3) is 5.69 Å². The summed E-state index contributed by atoms with van der Waals surface area (Å²) >= 11 is 11.9. The molecule has 98 valence electrons. The van der Waals surface area contributed by atoms with E-state index in [-0.39, 0.29) is 27.0 Å². The molecule has 2 rings (SSSR count). The smallest absolute Gasteiger partial charge is 0.339 e. The van der Waals surface area contributed by atoms with E-state index in [4.69, 9.17) is 34.0 Å². The number of rotatable bonds is 3. The molecule has 8 heteroatoms. The number of carbonyl (C=O) groups excluding carboxylic acids is 1. The third-order valence-electron chi connectivity index (χ3n) is 2.39. The van der Waals surface area contributed by atoms with Crippen molar-refractivity contribution >= 4 is 35.1 Å². The van der Waals surface area contributed by atoms with Crippen LogP contribution in [0.15, 0.2) is 24.4 Å². The number of benzene rings is 1. The number of carboxylic acids is 1. The summed E-state index contributed by atoms with van der Waals surface area (Å²) in [5.41, 5.74) is 4.89. The Morgan fingerprint density at radius 2 is 2.00 bits per heavy atom. The highest BCUT2D eigenvalue weighted by atomic mass is 35.5. The second-order valence-electron chi connectivity index (χ2n) is 3.56. The van der Waals surface area contributed by atoms with Crippen LogP contribution in [0.5, 0.6) is 0 Å². The Bertz CT molecular complexity index is 682. The molecule has 0 aliphatic heterocycles. The van der Waals surface area contributed by atoms with Crippen LogP contribution in [-0.4, -0.2) is 26.8 Å². The van der Waals surface area contributed by atoms with Crippen molar-refractivity contribution in [3.8, 4) is 5.69 Å². The Labute approximate surface area is 117 Å². The monoisotopic (exact) mass is 299 g/mol. The molecule has 1 aromatic heterocycles. The molecular formula is C11H7Cl2N3O3. The minimum Gasteiger partial charge on any atom is -0.478 e. The zero-order chi connectivity index (χ0) is 14.2. The molecule has 1 heterocycles. The predicted molar refractivity (Wildman–Crippen MR) is 69.1 cm³/mol. The highest BCUT2D eigenvalue weighted by molar-refractivity contribution is 6.43. The molecule has 0 aliphatic carbocycles. The topological polar surface area (TPSA) is 98.2 Å². The van der Waals surface area contributed by atoms with E-state index in [1.807, 2.05) is 0 Å². The average molecular weight is 300 g/mol. The highest BCUT2D eigenvalue weighted by Crippen LogP contribution is 2.29. The van der Waals surface area contributed by atoms with E-state index >= 15 is 0 Å². The van der Waals surface area contributed by atoms with Crippen molar-refractivity contribution in [2.24, 2.45) is 5.73 Å². The maximum atomic E-state index is 11.4.